The van der Waals surface area contributed by atoms with Crippen molar-refractivity contribution in [1.29, 1.82) is 0 Å². The summed E-state index contributed by atoms with van der Waals surface area (Å²) < 4.78 is 50.5. The van der Waals surface area contributed by atoms with E-state index in [0.29, 0.717) is 37.7 Å². The molecule has 0 bridgehead atoms. The van der Waals surface area contributed by atoms with Gasteiger partial charge in [-0.3, -0.25) is 4.99 Å². The highest BCUT2D eigenvalue weighted by atomic mass is 32.2. The van der Waals surface area contributed by atoms with E-state index in [1.807, 2.05) is 18.7 Å². The van der Waals surface area contributed by atoms with Crippen molar-refractivity contribution in [1.82, 2.24) is 10.2 Å². The molecular formula is C18H27F2N3O2S. The summed E-state index contributed by atoms with van der Waals surface area (Å²) in [5, 5.41) is 3.18. The molecule has 0 saturated carbocycles. The molecule has 1 aliphatic heterocycles. The van der Waals surface area contributed by atoms with Crippen LogP contribution < -0.4 is 5.32 Å². The molecular weight excluding hydrogens is 360 g/mol. The summed E-state index contributed by atoms with van der Waals surface area (Å²) in [7, 11) is -3.14. The van der Waals surface area contributed by atoms with E-state index in [0.717, 1.165) is 6.07 Å². The summed E-state index contributed by atoms with van der Waals surface area (Å²) >= 11 is 0. The Morgan fingerprint density at radius 3 is 2.65 bits per heavy atom. The number of aliphatic imine (C=N–C) groups is 1. The van der Waals surface area contributed by atoms with E-state index >= 15 is 0 Å². The molecule has 1 unspecified atom stereocenters. The number of hydrogen-bond donors (Lipinski definition) is 1. The molecule has 0 amide bonds. The van der Waals surface area contributed by atoms with Crippen LogP contribution in [-0.4, -0.2) is 56.0 Å². The van der Waals surface area contributed by atoms with Gasteiger partial charge in [-0.15, -0.1) is 0 Å². The quantitative estimate of drug-likeness (QED) is 0.637. The highest BCUT2D eigenvalue weighted by Crippen LogP contribution is 2.24. The number of hydrogen-bond acceptors (Lipinski definition) is 3. The van der Waals surface area contributed by atoms with Crippen LogP contribution in [0.2, 0.25) is 0 Å². The lowest BCUT2D eigenvalue weighted by Crippen LogP contribution is -2.57. The Kier molecular flexibility index (Phi) is 6.26. The van der Waals surface area contributed by atoms with Gasteiger partial charge >= 0.3 is 0 Å². The van der Waals surface area contributed by atoms with Crippen LogP contribution in [0.15, 0.2) is 23.2 Å². The Morgan fingerprint density at radius 2 is 2.08 bits per heavy atom. The Labute approximate surface area is 154 Å². The van der Waals surface area contributed by atoms with Gasteiger partial charge in [-0.05, 0) is 32.4 Å². The average Bonchev–Trinajstić information content (AvgIpc) is 2.54. The first-order valence-corrected chi connectivity index (χ1v) is 10.4. The van der Waals surface area contributed by atoms with Gasteiger partial charge in [0.1, 0.15) is 11.6 Å². The van der Waals surface area contributed by atoms with E-state index in [2.05, 4.69) is 10.3 Å². The van der Waals surface area contributed by atoms with Crippen LogP contribution in [0.25, 0.3) is 0 Å². The summed E-state index contributed by atoms with van der Waals surface area (Å²) in [5.74, 6) is -0.724. The van der Waals surface area contributed by atoms with Crippen molar-refractivity contribution >= 4 is 15.8 Å². The summed E-state index contributed by atoms with van der Waals surface area (Å²) in [6.07, 6.45) is 0. The molecule has 1 aliphatic rings. The van der Waals surface area contributed by atoms with Crippen LogP contribution in [0.1, 0.15) is 39.2 Å². The van der Waals surface area contributed by atoms with Gasteiger partial charge in [0.2, 0.25) is 0 Å². The second kappa shape index (κ2) is 7.90. The molecule has 8 heteroatoms. The van der Waals surface area contributed by atoms with E-state index in [1.54, 1.807) is 13.8 Å². The summed E-state index contributed by atoms with van der Waals surface area (Å²) in [6.45, 7) is 8.87. The first kappa shape index (κ1) is 20.6. The Balaban J connectivity index is 2.16. The van der Waals surface area contributed by atoms with E-state index in [1.165, 1.54) is 12.1 Å². The molecule has 146 valence electrons. The van der Waals surface area contributed by atoms with Crippen molar-refractivity contribution in [3.05, 3.63) is 35.4 Å². The van der Waals surface area contributed by atoms with Crippen LogP contribution in [0.3, 0.4) is 0 Å². The van der Waals surface area contributed by atoms with Gasteiger partial charge in [0.05, 0.1) is 10.5 Å². The maximum Gasteiger partial charge on any atom is 0.194 e. The highest BCUT2D eigenvalue weighted by Gasteiger charge is 2.41. The van der Waals surface area contributed by atoms with Crippen LogP contribution >= 0.6 is 0 Å². The van der Waals surface area contributed by atoms with Crippen LogP contribution in [0.4, 0.5) is 8.78 Å². The maximum absolute atomic E-state index is 13.9. The normalized spacial score (nSPS) is 20.7. The predicted molar refractivity (Wildman–Crippen MR) is 100 cm³/mol. The van der Waals surface area contributed by atoms with E-state index < -0.39 is 26.2 Å². The average molecular weight is 387 g/mol. The zero-order valence-electron chi connectivity index (χ0n) is 15.7. The SMILES string of the molecule is CCNC(=NCC(C)c1ccc(F)cc1F)N1CCS(=O)(=O)C(C)(C)C1. The van der Waals surface area contributed by atoms with E-state index in [9.17, 15) is 17.2 Å². The molecule has 0 aromatic heterocycles. The molecule has 1 atom stereocenters. The third kappa shape index (κ3) is 4.52. The second-order valence-electron chi connectivity index (χ2n) is 7.26. The van der Waals surface area contributed by atoms with Gasteiger partial charge in [0.15, 0.2) is 15.8 Å². The first-order valence-electron chi connectivity index (χ1n) is 8.78. The Morgan fingerprint density at radius 1 is 1.38 bits per heavy atom. The summed E-state index contributed by atoms with van der Waals surface area (Å²) in [4.78, 5) is 6.50. The fourth-order valence-electron chi connectivity index (χ4n) is 2.97. The topological polar surface area (TPSA) is 61.8 Å². The minimum absolute atomic E-state index is 0.0760. The van der Waals surface area contributed by atoms with Gasteiger partial charge in [-0.2, -0.15) is 0 Å². The number of halogens is 2. The molecule has 1 heterocycles. The second-order valence-corrected chi connectivity index (χ2v) is 10.0. The molecule has 1 N–H and O–H groups in total. The fourth-order valence-corrected chi connectivity index (χ4v) is 4.34. The van der Waals surface area contributed by atoms with Gasteiger partial charge in [0, 0.05) is 38.2 Å². The van der Waals surface area contributed by atoms with Crippen molar-refractivity contribution in [2.45, 2.75) is 38.4 Å². The first-order chi connectivity index (χ1) is 12.1. The molecule has 1 fully saturated rings. The zero-order chi connectivity index (χ0) is 19.5. The molecule has 26 heavy (non-hydrogen) atoms. The Bertz CT molecular complexity index is 779. The minimum atomic E-state index is -3.14. The van der Waals surface area contributed by atoms with Gasteiger partial charge in [-0.1, -0.05) is 13.0 Å². The minimum Gasteiger partial charge on any atom is -0.357 e. The van der Waals surface area contributed by atoms with Crippen molar-refractivity contribution in [3.63, 3.8) is 0 Å². The third-order valence-corrected chi connectivity index (χ3v) is 7.22. The molecule has 1 saturated heterocycles. The smallest absolute Gasteiger partial charge is 0.194 e. The Hall–Kier alpha value is -1.70. The van der Waals surface area contributed by atoms with Gasteiger partial charge < -0.3 is 10.2 Å². The maximum atomic E-state index is 13.9. The monoisotopic (exact) mass is 387 g/mol. The summed E-state index contributed by atoms with van der Waals surface area (Å²) in [5.41, 5.74) is 0.410. The van der Waals surface area contributed by atoms with E-state index in [-0.39, 0.29) is 11.7 Å². The third-order valence-electron chi connectivity index (χ3n) is 4.69. The lowest BCUT2D eigenvalue weighted by Gasteiger charge is -2.39. The molecule has 2 rings (SSSR count). The molecule has 0 aliphatic carbocycles. The number of sulfone groups is 1. The molecule has 0 spiro atoms. The number of benzene rings is 1. The standard InChI is InChI=1S/C18H27F2N3O2S/c1-5-21-17(23-8-9-26(24,25)18(3,4)12-23)22-11-13(2)15-7-6-14(19)10-16(15)20/h6-7,10,13H,5,8-9,11-12H2,1-4H3,(H,21,22). The number of nitrogens with one attached hydrogen (secondary N) is 1. The van der Waals surface area contributed by atoms with E-state index in [4.69, 9.17) is 0 Å². The lowest BCUT2D eigenvalue weighted by atomic mass is 10.0. The molecule has 5 nitrogen and oxygen atoms in total. The fraction of sp³-hybridized carbons (Fsp3) is 0.611. The predicted octanol–water partition coefficient (Wildman–Crippen LogP) is 2.54. The van der Waals surface area contributed by atoms with Crippen LogP contribution in [-0.2, 0) is 9.84 Å². The van der Waals surface area contributed by atoms with Gasteiger partial charge in [-0.25, -0.2) is 17.2 Å². The number of rotatable bonds is 4. The van der Waals surface area contributed by atoms with Crippen LogP contribution in [0, 0.1) is 11.6 Å². The number of guanidine groups is 1. The molecule has 0 radical (unpaired) electrons. The van der Waals surface area contributed by atoms with Crippen molar-refractivity contribution in [2.24, 2.45) is 4.99 Å². The van der Waals surface area contributed by atoms with Gasteiger partial charge in [0.25, 0.3) is 0 Å². The van der Waals surface area contributed by atoms with Crippen molar-refractivity contribution in [3.8, 4) is 0 Å². The molecule has 1 aromatic carbocycles. The molecule has 1 aromatic rings. The largest absolute Gasteiger partial charge is 0.357 e. The van der Waals surface area contributed by atoms with Crippen LogP contribution in [0.5, 0.6) is 0 Å². The highest BCUT2D eigenvalue weighted by molar-refractivity contribution is 7.92. The van der Waals surface area contributed by atoms with Crippen molar-refractivity contribution in [2.75, 3.05) is 31.9 Å². The van der Waals surface area contributed by atoms with Crippen molar-refractivity contribution < 1.29 is 17.2 Å². The summed E-state index contributed by atoms with van der Waals surface area (Å²) in [6, 6.07) is 3.55. The number of nitrogens with zero attached hydrogens (tertiary/aromatic N) is 2. The zero-order valence-corrected chi connectivity index (χ0v) is 16.5. The lowest BCUT2D eigenvalue weighted by molar-refractivity contribution is 0.353.